The molecule has 1 heteroatoms. The van der Waals surface area contributed by atoms with Crippen LogP contribution >= 0.6 is 0 Å². The zero-order valence-corrected chi connectivity index (χ0v) is 6.77. The summed E-state index contributed by atoms with van der Waals surface area (Å²) in [5, 5.41) is 3.28. The standard InChI is InChI=1S/C9H17N/c1-3-9(10-2)8-6-4-5-7-8/h3,8-10H,1,4-7H2,2H3/t9-/m1/s1. The summed E-state index contributed by atoms with van der Waals surface area (Å²) in [7, 11) is 2.02. The lowest BCUT2D eigenvalue weighted by Gasteiger charge is -2.18. The van der Waals surface area contributed by atoms with E-state index in [0.29, 0.717) is 6.04 Å². The lowest BCUT2D eigenvalue weighted by Crippen LogP contribution is -2.29. The van der Waals surface area contributed by atoms with E-state index in [1.54, 1.807) is 0 Å². The summed E-state index contributed by atoms with van der Waals surface area (Å²) in [6.07, 6.45) is 7.64. The summed E-state index contributed by atoms with van der Waals surface area (Å²) in [6.45, 7) is 3.81. The van der Waals surface area contributed by atoms with Crippen LogP contribution in [0.2, 0.25) is 0 Å². The first-order valence-electron chi connectivity index (χ1n) is 4.18. The molecule has 1 atom stereocenters. The minimum absolute atomic E-state index is 0.558. The molecule has 1 fully saturated rings. The molecule has 1 rings (SSSR count). The second kappa shape index (κ2) is 3.77. The number of likely N-dealkylation sites (N-methyl/N-ethyl adjacent to an activating group) is 1. The van der Waals surface area contributed by atoms with Crippen molar-refractivity contribution in [1.29, 1.82) is 0 Å². The van der Waals surface area contributed by atoms with Crippen molar-refractivity contribution in [2.75, 3.05) is 7.05 Å². The third-order valence-electron chi connectivity index (χ3n) is 2.49. The largest absolute Gasteiger partial charge is 0.313 e. The second-order valence-corrected chi connectivity index (χ2v) is 3.09. The normalized spacial score (nSPS) is 22.9. The monoisotopic (exact) mass is 139 g/mol. The van der Waals surface area contributed by atoms with Crippen molar-refractivity contribution < 1.29 is 0 Å². The minimum Gasteiger partial charge on any atom is -0.313 e. The van der Waals surface area contributed by atoms with Gasteiger partial charge in [0.15, 0.2) is 0 Å². The topological polar surface area (TPSA) is 12.0 Å². The third kappa shape index (κ3) is 1.60. The van der Waals surface area contributed by atoms with Crippen LogP contribution in [0.1, 0.15) is 25.7 Å². The van der Waals surface area contributed by atoms with Crippen molar-refractivity contribution in [3.05, 3.63) is 12.7 Å². The van der Waals surface area contributed by atoms with Crippen LogP contribution < -0.4 is 5.32 Å². The highest BCUT2D eigenvalue weighted by Crippen LogP contribution is 2.27. The van der Waals surface area contributed by atoms with E-state index in [1.165, 1.54) is 25.7 Å². The Morgan fingerprint density at radius 1 is 1.50 bits per heavy atom. The van der Waals surface area contributed by atoms with Gasteiger partial charge < -0.3 is 5.32 Å². The molecule has 0 aromatic rings. The molecular formula is C9H17N. The van der Waals surface area contributed by atoms with Crippen LogP contribution in [0.25, 0.3) is 0 Å². The van der Waals surface area contributed by atoms with Crippen molar-refractivity contribution in [1.82, 2.24) is 5.32 Å². The molecule has 1 saturated carbocycles. The number of nitrogens with one attached hydrogen (secondary N) is 1. The van der Waals surface area contributed by atoms with Crippen molar-refractivity contribution >= 4 is 0 Å². The van der Waals surface area contributed by atoms with E-state index >= 15 is 0 Å². The molecule has 0 aromatic heterocycles. The lowest BCUT2D eigenvalue weighted by atomic mass is 9.99. The Morgan fingerprint density at radius 3 is 2.50 bits per heavy atom. The maximum Gasteiger partial charge on any atom is 0.0272 e. The first-order valence-corrected chi connectivity index (χ1v) is 4.18. The Balaban J connectivity index is 2.36. The molecule has 0 aliphatic heterocycles. The maximum absolute atomic E-state index is 3.81. The molecule has 1 N–H and O–H groups in total. The van der Waals surface area contributed by atoms with Crippen LogP contribution in [-0.4, -0.2) is 13.1 Å². The smallest absolute Gasteiger partial charge is 0.0272 e. The molecule has 10 heavy (non-hydrogen) atoms. The highest BCUT2D eigenvalue weighted by molar-refractivity contribution is 4.91. The summed E-state index contributed by atoms with van der Waals surface area (Å²) in [5.41, 5.74) is 0. The number of hydrogen-bond donors (Lipinski definition) is 1. The van der Waals surface area contributed by atoms with Gasteiger partial charge in [0, 0.05) is 6.04 Å². The van der Waals surface area contributed by atoms with Crippen LogP contribution in [0.4, 0.5) is 0 Å². The van der Waals surface area contributed by atoms with Gasteiger partial charge in [0.1, 0.15) is 0 Å². The second-order valence-electron chi connectivity index (χ2n) is 3.09. The molecular weight excluding hydrogens is 122 g/mol. The van der Waals surface area contributed by atoms with Gasteiger partial charge >= 0.3 is 0 Å². The Labute approximate surface area is 63.5 Å². The van der Waals surface area contributed by atoms with E-state index in [2.05, 4.69) is 11.9 Å². The van der Waals surface area contributed by atoms with Crippen LogP contribution in [-0.2, 0) is 0 Å². The van der Waals surface area contributed by atoms with E-state index in [9.17, 15) is 0 Å². The van der Waals surface area contributed by atoms with E-state index in [0.717, 1.165) is 5.92 Å². The zero-order chi connectivity index (χ0) is 7.40. The number of rotatable bonds is 3. The first kappa shape index (κ1) is 7.80. The van der Waals surface area contributed by atoms with Gasteiger partial charge in [0.05, 0.1) is 0 Å². The van der Waals surface area contributed by atoms with E-state index in [4.69, 9.17) is 0 Å². The summed E-state index contributed by atoms with van der Waals surface area (Å²) in [6, 6.07) is 0.558. The molecule has 1 nitrogen and oxygen atoms in total. The molecule has 58 valence electrons. The fourth-order valence-corrected chi connectivity index (χ4v) is 1.86. The first-order chi connectivity index (χ1) is 4.88. The summed E-state index contributed by atoms with van der Waals surface area (Å²) < 4.78 is 0. The Kier molecular flexibility index (Phi) is 2.94. The summed E-state index contributed by atoms with van der Waals surface area (Å²) in [4.78, 5) is 0. The molecule has 0 aromatic carbocycles. The quantitative estimate of drug-likeness (QED) is 0.589. The average molecular weight is 139 g/mol. The van der Waals surface area contributed by atoms with Gasteiger partial charge in [-0.1, -0.05) is 18.9 Å². The highest BCUT2D eigenvalue weighted by Gasteiger charge is 2.20. The van der Waals surface area contributed by atoms with E-state index in [-0.39, 0.29) is 0 Å². The lowest BCUT2D eigenvalue weighted by molar-refractivity contribution is 0.439. The molecule has 0 saturated heterocycles. The summed E-state index contributed by atoms with van der Waals surface area (Å²) >= 11 is 0. The Hall–Kier alpha value is -0.300. The summed E-state index contributed by atoms with van der Waals surface area (Å²) in [5.74, 6) is 0.863. The molecule has 0 unspecified atom stereocenters. The predicted molar refractivity (Wildman–Crippen MR) is 45.0 cm³/mol. The Bertz CT molecular complexity index is 103. The predicted octanol–water partition coefficient (Wildman–Crippen LogP) is 1.95. The van der Waals surface area contributed by atoms with Crippen LogP contribution in [0.3, 0.4) is 0 Å². The fraction of sp³-hybridized carbons (Fsp3) is 0.778. The van der Waals surface area contributed by atoms with Crippen LogP contribution in [0, 0.1) is 5.92 Å². The van der Waals surface area contributed by atoms with Gasteiger partial charge in [0.2, 0.25) is 0 Å². The van der Waals surface area contributed by atoms with Gasteiger partial charge in [0.25, 0.3) is 0 Å². The van der Waals surface area contributed by atoms with Gasteiger partial charge in [-0.05, 0) is 25.8 Å². The Morgan fingerprint density at radius 2 is 2.10 bits per heavy atom. The highest BCUT2D eigenvalue weighted by atomic mass is 14.9. The molecule has 1 aliphatic rings. The molecule has 0 amide bonds. The fourth-order valence-electron chi connectivity index (χ4n) is 1.86. The molecule has 0 bridgehead atoms. The molecule has 0 radical (unpaired) electrons. The van der Waals surface area contributed by atoms with Crippen molar-refractivity contribution in [3.8, 4) is 0 Å². The van der Waals surface area contributed by atoms with Crippen molar-refractivity contribution in [3.63, 3.8) is 0 Å². The zero-order valence-electron chi connectivity index (χ0n) is 6.77. The molecule has 0 spiro atoms. The number of hydrogen-bond acceptors (Lipinski definition) is 1. The minimum atomic E-state index is 0.558. The van der Waals surface area contributed by atoms with E-state index < -0.39 is 0 Å². The average Bonchev–Trinajstić information content (AvgIpc) is 2.43. The van der Waals surface area contributed by atoms with Crippen molar-refractivity contribution in [2.45, 2.75) is 31.7 Å². The van der Waals surface area contributed by atoms with Gasteiger partial charge in [-0.15, -0.1) is 6.58 Å². The molecule has 0 heterocycles. The molecule has 1 aliphatic carbocycles. The van der Waals surface area contributed by atoms with Gasteiger partial charge in [-0.3, -0.25) is 0 Å². The van der Waals surface area contributed by atoms with Gasteiger partial charge in [-0.2, -0.15) is 0 Å². The maximum atomic E-state index is 3.81. The van der Waals surface area contributed by atoms with Gasteiger partial charge in [-0.25, -0.2) is 0 Å². The van der Waals surface area contributed by atoms with Crippen LogP contribution in [0.15, 0.2) is 12.7 Å². The van der Waals surface area contributed by atoms with Crippen molar-refractivity contribution in [2.24, 2.45) is 5.92 Å². The third-order valence-corrected chi connectivity index (χ3v) is 2.49. The SMILES string of the molecule is C=C[C@@H](NC)C1CCCC1. The van der Waals surface area contributed by atoms with Crippen LogP contribution in [0.5, 0.6) is 0 Å². The van der Waals surface area contributed by atoms with E-state index in [1.807, 2.05) is 13.1 Å².